The second kappa shape index (κ2) is 8.08. The van der Waals surface area contributed by atoms with Crippen LogP contribution in [0.3, 0.4) is 0 Å². The van der Waals surface area contributed by atoms with Gasteiger partial charge in [0.25, 0.3) is 5.91 Å². The third-order valence-electron chi connectivity index (χ3n) is 4.28. The van der Waals surface area contributed by atoms with Gasteiger partial charge < -0.3 is 14.6 Å². The number of carbonyl (C=O) groups excluding carboxylic acids is 1. The zero-order valence-electron chi connectivity index (χ0n) is 14.1. The molecule has 2 aromatic rings. The van der Waals surface area contributed by atoms with E-state index in [1.807, 2.05) is 35.9 Å². The number of morpholine rings is 1. The second-order valence-corrected chi connectivity index (χ2v) is 6.03. The van der Waals surface area contributed by atoms with Crippen molar-refractivity contribution in [3.63, 3.8) is 0 Å². The lowest BCUT2D eigenvalue weighted by atomic mass is 10.1. The second-order valence-electron chi connectivity index (χ2n) is 6.03. The lowest BCUT2D eigenvalue weighted by Gasteiger charge is -2.26. The van der Waals surface area contributed by atoms with Crippen LogP contribution in [0.5, 0.6) is 0 Å². The fraction of sp³-hybridized carbons (Fsp3) is 0.444. The SMILES string of the molecule is Cn1cncc1-c1cccc(C(=O)NCCCN2CCOCC2)c1. The van der Waals surface area contributed by atoms with Crippen LogP contribution in [0.2, 0.25) is 0 Å². The molecule has 0 unspecified atom stereocenters. The number of aryl methyl sites for hydroxylation is 1. The van der Waals surface area contributed by atoms with Crippen LogP contribution < -0.4 is 5.32 Å². The van der Waals surface area contributed by atoms with Crippen LogP contribution in [-0.2, 0) is 11.8 Å². The Hall–Kier alpha value is -2.18. The Morgan fingerprint density at radius 3 is 2.92 bits per heavy atom. The highest BCUT2D eigenvalue weighted by Crippen LogP contribution is 2.19. The number of nitrogens with zero attached hydrogens (tertiary/aromatic N) is 3. The van der Waals surface area contributed by atoms with Gasteiger partial charge in [-0.2, -0.15) is 0 Å². The van der Waals surface area contributed by atoms with Crippen LogP contribution in [0.15, 0.2) is 36.8 Å². The van der Waals surface area contributed by atoms with Gasteiger partial charge in [0.15, 0.2) is 0 Å². The maximum absolute atomic E-state index is 12.3. The Morgan fingerprint density at radius 2 is 2.17 bits per heavy atom. The first-order valence-electron chi connectivity index (χ1n) is 8.39. The van der Waals surface area contributed by atoms with E-state index in [1.165, 1.54) is 0 Å². The predicted octanol–water partition coefficient (Wildman–Crippen LogP) is 1.54. The Kier molecular flexibility index (Phi) is 5.61. The van der Waals surface area contributed by atoms with Crippen LogP contribution in [0.25, 0.3) is 11.3 Å². The molecule has 0 radical (unpaired) electrons. The van der Waals surface area contributed by atoms with Crippen molar-refractivity contribution < 1.29 is 9.53 Å². The smallest absolute Gasteiger partial charge is 0.251 e. The first-order valence-corrected chi connectivity index (χ1v) is 8.39. The van der Waals surface area contributed by atoms with Crippen LogP contribution in [0.4, 0.5) is 0 Å². The maximum Gasteiger partial charge on any atom is 0.251 e. The van der Waals surface area contributed by atoms with Crippen LogP contribution >= 0.6 is 0 Å². The average molecular weight is 328 g/mol. The average Bonchev–Trinajstić information content (AvgIpc) is 3.05. The molecule has 0 bridgehead atoms. The molecular formula is C18H24N4O2. The fourth-order valence-electron chi connectivity index (χ4n) is 2.89. The summed E-state index contributed by atoms with van der Waals surface area (Å²) < 4.78 is 7.28. The molecule has 0 saturated carbocycles. The Labute approximate surface area is 142 Å². The van der Waals surface area contributed by atoms with Crippen molar-refractivity contribution in [3.05, 3.63) is 42.4 Å². The molecule has 6 heteroatoms. The monoisotopic (exact) mass is 328 g/mol. The zero-order valence-corrected chi connectivity index (χ0v) is 14.1. The lowest BCUT2D eigenvalue weighted by molar-refractivity contribution is 0.0374. The molecule has 0 spiro atoms. The summed E-state index contributed by atoms with van der Waals surface area (Å²) in [6, 6.07) is 7.66. The Morgan fingerprint density at radius 1 is 1.33 bits per heavy atom. The van der Waals surface area contributed by atoms with Gasteiger partial charge in [-0.15, -0.1) is 0 Å². The number of ether oxygens (including phenoxy) is 1. The van der Waals surface area contributed by atoms with Gasteiger partial charge in [-0.1, -0.05) is 12.1 Å². The van der Waals surface area contributed by atoms with Gasteiger partial charge in [0.1, 0.15) is 0 Å². The summed E-state index contributed by atoms with van der Waals surface area (Å²) in [5, 5.41) is 3.01. The van der Waals surface area contributed by atoms with E-state index < -0.39 is 0 Å². The molecule has 1 aliphatic rings. The van der Waals surface area contributed by atoms with Crippen LogP contribution in [-0.4, -0.2) is 59.8 Å². The lowest BCUT2D eigenvalue weighted by Crippen LogP contribution is -2.38. The quantitative estimate of drug-likeness (QED) is 0.817. The fourth-order valence-corrected chi connectivity index (χ4v) is 2.89. The summed E-state index contributed by atoms with van der Waals surface area (Å²) in [5.41, 5.74) is 2.67. The van der Waals surface area contributed by atoms with Crippen molar-refractivity contribution in [2.24, 2.45) is 7.05 Å². The first kappa shape index (κ1) is 16.7. The summed E-state index contributed by atoms with van der Waals surface area (Å²) in [5.74, 6) is -0.0269. The minimum Gasteiger partial charge on any atom is -0.379 e. The maximum atomic E-state index is 12.3. The minimum atomic E-state index is -0.0269. The third-order valence-corrected chi connectivity index (χ3v) is 4.28. The normalized spacial score (nSPS) is 15.4. The number of nitrogens with one attached hydrogen (secondary N) is 1. The Bertz CT molecular complexity index is 677. The standard InChI is InChI=1S/C18H24N4O2/c1-21-14-19-13-17(21)15-4-2-5-16(12-15)18(23)20-6-3-7-22-8-10-24-11-9-22/h2,4-5,12-14H,3,6-11H2,1H3,(H,20,23). The van der Waals surface area contributed by atoms with Gasteiger partial charge in [0.05, 0.1) is 31.4 Å². The van der Waals surface area contributed by atoms with E-state index in [0.717, 1.165) is 50.5 Å². The number of hydrogen-bond acceptors (Lipinski definition) is 4. The molecule has 128 valence electrons. The molecule has 1 N–H and O–H groups in total. The number of amides is 1. The van der Waals surface area contributed by atoms with E-state index in [2.05, 4.69) is 15.2 Å². The number of carbonyl (C=O) groups is 1. The molecule has 1 aromatic heterocycles. The van der Waals surface area contributed by atoms with Crippen molar-refractivity contribution in [1.29, 1.82) is 0 Å². The number of aromatic nitrogens is 2. The number of imidazole rings is 1. The van der Waals surface area contributed by atoms with E-state index >= 15 is 0 Å². The van der Waals surface area contributed by atoms with Gasteiger partial charge >= 0.3 is 0 Å². The number of benzene rings is 1. The molecule has 2 heterocycles. The van der Waals surface area contributed by atoms with E-state index in [-0.39, 0.29) is 5.91 Å². The molecule has 0 aliphatic carbocycles. The van der Waals surface area contributed by atoms with Crippen molar-refractivity contribution in [2.75, 3.05) is 39.4 Å². The highest BCUT2D eigenvalue weighted by atomic mass is 16.5. The summed E-state index contributed by atoms with van der Waals surface area (Å²) in [6.07, 6.45) is 4.51. The van der Waals surface area contributed by atoms with Crippen molar-refractivity contribution in [3.8, 4) is 11.3 Å². The molecule has 6 nitrogen and oxygen atoms in total. The van der Waals surface area contributed by atoms with Crippen molar-refractivity contribution in [2.45, 2.75) is 6.42 Å². The summed E-state index contributed by atoms with van der Waals surface area (Å²) in [6.45, 7) is 5.28. The van der Waals surface area contributed by atoms with Crippen molar-refractivity contribution >= 4 is 5.91 Å². The number of rotatable bonds is 6. The summed E-state index contributed by atoms with van der Waals surface area (Å²) in [7, 11) is 1.95. The third kappa shape index (κ3) is 4.21. The van der Waals surface area contributed by atoms with Gasteiger partial charge in [0, 0.05) is 37.8 Å². The van der Waals surface area contributed by atoms with Crippen LogP contribution in [0.1, 0.15) is 16.8 Å². The minimum absolute atomic E-state index is 0.0269. The highest BCUT2D eigenvalue weighted by molar-refractivity contribution is 5.95. The molecule has 1 saturated heterocycles. The van der Waals surface area contributed by atoms with E-state index in [0.29, 0.717) is 12.1 Å². The van der Waals surface area contributed by atoms with Gasteiger partial charge in [-0.05, 0) is 25.1 Å². The zero-order chi connectivity index (χ0) is 16.8. The molecule has 1 fully saturated rings. The molecule has 24 heavy (non-hydrogen) atoms. The number of hydrogen-bond donors (Lipinski definition) is 1. The van der Waals surface area contributed by atoms with Crippen molar-refractivity contribution in [1.82, 2.24) is 19.8 Å². The van der Waals surface area contributed by atoms with E-state index in [1.54, 1.807) is 12.5 Å². The summed E-state index contributed by atoms with van der Waals surface area (Å²) >= 11 is 0. The first-order chi connectivity index (χ1) is 11.7. The van der Waals surface area contributed by atoms with Gasteiger partial charge in [0.2, 0.25) is 0 Å². The van der Waals surface area contributed by atoms with Gasteiger partial charge in [-0.25, -0.2) is 4.98 Å². The highest BCUT2D eigenvalue weighted by Gasteiger charge is 2.11. The van der Waals surface area contributed by atoms with E-state index in [4.69, 9.17) is 4.74 Å². The molecule has 1 aliphatic heterocycles. The molecule has 1 amide bonds. The molecular weight excluding hydrogens is 304 g/mol. The molecule has 1 aromatic carbocycles. The predicted molar refractivity (Wildman–Crippen MR) is 92.9 cm³/mol. The summed E-state index contributed by atoms with van der Waals surface area (Å²) in [4.78, 5) is 18.8. The topological polar surface area (TPSA) is 59.4 Å². The molecule has 3 rings (SSSR count). The van der Waals surface area contributed by atoms with Gasteiger partial charge in [-0.3, -0.25) is 9.69 Å². The largest absolute Gasteiger partial charge is 0.379 e. The molecule has 0 atom stereocenters. The Balaban J connectivity index is 1.51. The van der Waals surface area contributed by atoms with E-state index in [9.17, 15) is 4.79 Å². The van der Waals surface area contributed by atoms with Crippen LogP contribution in [0, 0.1) is 0 Å².